The average molecular weight is 284 g/mol. The molecule has 1 aliphatic rings. The van der Waals surface area contributed by atoms with Gasteiger partial charge in [-0.2, -0.15) is 0 Å². The van der Waals surface area contributed by atoms with E-state index in [1.165, 1.54) is 0 Å². The van der Waals surface area contributed by atoms with Crippen LogP contribution in [0.5, 0.6) is 5.75 Å². The lowest BCUT2D eigenvalue weighted by atomic mass is 9.88. The molecule has 0 aromatic heterocycles. The lowest BCUT2D eigenvalue weighted by Crippen LogP contribution is -2.44. The van der Waals surface area contributed by atoms with E-state index in [0.29, 0.717) is 19.0 Å². The normalized spacial score (nSPS) is 17.1. The minimum atomic E-state index is -0.610. The number of azide groups is 1. The van der Waals surface area contributed by atoms with Crippen molar-refractivity contribution in [3.63, 3.8) is 0 Å². The van der Waals surface area contributed by atoms with Gasteiger partial charge in [0.05, 0.1) is 20.3 Å². The minimum absolute atomic E-state index is 0.398. The number of halogens is 1. The van der Waals surface area contributed by atoms with Crippen LogP contribution in [-0.2, 0) is 10.3 Å². The Bertz CT molecular complexity index is 453. The molecule has 0 spiro atoms. The van der Waals surface area contributed by atoms with Crippen LogP contribution in [0.1, 0.15) is 5.56 Å². The maximum absolute atomic E-state index is 8.60. The van der Waals surface area contributed by atoms with Gasteiger partial charge in [0, 0.05) is 14.9 Å². The fourth-order valence-corrected chi connectivity index (χ4v) is 2.04. The van der Waals surface area contributed by atoms with Crippen molar-refractivity contribution in [2.45, 2.75) is 5.54 Å². The summed E-state index contributed by atoms with van der Waals surface area (Å²) in [4.78, 5) is 2.88. The maximum Gasteiger partial charge on any atom is 0.124 e. The zero-order valence-electron chi connectivity index (χ0n) is 8.68. The van der Waals surface area contributed by atoms with Gasteiger partial charge in [-0.25, -0.2) is 0 Å². The van der Waals surface area contributed by atoms with Crippen LogP contribution in [0.2, 0.25) is 0 Å². The van der Waals surface area contributed by atoms with Crippen LogP contribution in [0.4, 0.5) is 0 Å². The maximum atomic E-state index is 8.60. The van der Waals surface area contributed by atoms with Crippen molar-refractivity contribution in [2.75, 3.05) is 20.3 Å². The smallest absolute Gasteiger partial charge is 0.124 e. The second-order valence-electron chi connectivity index (χ2n) is 3.56. The summed E-state index contributed by atoms with van der Waals surface area (Å²) < 4.78 is 11.3. The van der Waals surface area contributed by atoms with E-state index in [4.69, 9.17) is 15.0 Å². The van der Waals surface area contributed by atoms with Crippen molar-refractivity contribution in [1.82, 2.24) is 0 Å². The lowest BCUT2D eigenvalue weighted by molar-refractivity contribution is -0.0573. The monoisotopic (exact) mass is 283 g/mol. The molecule has 0 N–H and O–H groups in total. The van der Waals surface area contributed by atoms with Crippen molar-refractivity contribution in [3.8, 4) is 5.75 Å². The number of benzene rings is 1. The molecule has 16 heavy (non-hydrogen) atoms. The summed E-state index contributed by atoms with van der Waals surface area (Å²) in [7, 11) is 1.59. The van der Waals surface area contributed by atoms with E-state index in [1.807, 2.05) is 18.2 Å². The molecule has 1 saturated heterocycles. The van der Waals surface area contributed by atoms with E-state index in [-0.39, 0.29) is 0 Å². The van der Waals surface area contributed by atoms with Crippen molar-refractivity contribution in [1.29, 1.82) is 0 Å². The molecular formula is C10H10BrN3O2. The molecule has 1 aromatic carbocycles. The molecule has 1 aromatic rings. The molecule has 0 radical (unpaired) electrons. The highest BCUT2D eigenvalue weighted by molar-refractivity contribution is 9.10. The largest absolute Gasteiger partial charge is 0.496 e. The van der Waals surface area contributed by atoms with Gasteiger partial charge in [0.15, 0.2) is 0 Å². The van der Waals surface area contributed by atoms with Crippen molar-refractivity contribution in [3.05, 3.63) is 38.7 Å². The molecule has 0 aliphatic carbocycles. The van der Waals surface area contributed by atoms with Crippen molar-refractivity contribution >= 4 is 15.9 Å². The SMILES string of the molecule is COc1cc(Br)ccc1C1(N=[N+]=[N-])COC1. The Balaban J connectivity index is 2.49. The predicted molar refractivity (Wildman–Crippen MR) is 62.3 cm³/mol. The first kappa shape index (κ1) is 11.3. The van der Waals surface area contributed by atoms with E-state index >= 15 is 0 Å². The first-order valence-electron chi connectivity index (χ1n) is 4.70. The summed E-state index contributed by atoms with van der Waals surface area (Å²) in [5.41, 5.74) is 8.85. The molecular weight excluding hydrogens is 274 g/mol. The third kappa shape index (κ3) is 1.75. The Morgan fingerprint density at radius 2 is 2.31 bits per heavy atom. The number of hydrogen-bond donors (Lipinski definition) is 0. The van der Waals surface area contributed by atoms with Gasteiger partial charge in [-0.1, -0.05) is 27.1 Å². The Morgan fingerprint density at radius 3 is 2.81 bits per heavy atom. The summed E-state index contributed by atoms with van der Waals surface area (Å²) in [5, 5.41) is 3.83. The van der Waals surface area contributed by atoms with Gasteiger partial charge in [0.2, 0.25) is 0 Å². The van der Waals surface area contributed by atoms with Crippen LogP contribution in [0, 0.1) is 0 Å². The Morgan fingerprint density at radius 1 is 1.56 bits per heavy atom. The van der Waals surface area contributed by atoms with E-state index in [2.05, 4.69) is 26.0 Å². The molecule has 1 aliphatic heterocycles. The molecule has 1 fully saturated rings. The number of methoxy groups -OCH3 is 1. The molecule has 2 rings (SSSR count). The van der Waals surface area contributed by atoms with Gasteiger partial charge in [-0.05, 0) is 17.7 Å². The number of nitrogens with zero attached hydrogens (tertiary/aromatic N) is 3. The second-order valence-corrected chi connectivity index (χ2v) is 4.47. The molecule has 0 unspecified atom stereocenters. The van der Waals surface area contributed by atoms with E-state index in [1.54, 1.807) is 7.11 Å². The average Bonchev–Trinajstić information content (AvgIpc) is 2.24. The van der Waals surface area contributed by atoms with Crippen LogP contribution >= 0.6 is 15.9 Å². The number of rotatable bonds is 3. The highest BCUT2D eigenvalue weighted by Gasteiger charge is 2.41. The fourth-order valence-electron chi connectivity index (χ4n) is 1.70. The van der Waals surface area contributed by atoms with Crippen molar-refractivity contribution in [2.24, 2.45) is 5.11 Å². The predicted octanol–water partition coefficient (Wildman–Crippen LogP) is 2.99. The zero-order valence-corrected chi connectivity index (χ0v) is 10.3. The van der Waals surface area contributed by atoms with E-state index in [9.17, 15) is 0 Å². The highest BCUT2D eigenvalue weighted by atomic mass is 79.9. The number of ether oxygens (including phenoxy) is 2. The molecule has 6 heteroatoms. The van der Waals surface area contributed by atoms with Crippen LogP contribution in [0.25, 0.3) is 10.4 Å². The summed E-state index contributed by atoms with van der Waals surface area (Å²) in [6.45, 7) is 0.796. The summed E-state index contributed by atoms with van der Waals surface area (Å²) in [6, 6.07) is 5.63. The van der Waals surface area contributed by atoms with Gasteiger partial charge in [0.1, 0.15) is 11.3 Å². The minimum Gasteiger partial charge on any atom is -0.496 e. The third-order valence-corrected chi connectivity index (χ3v) is 3.08. The van der Waals surface area contributed by atoms with Crippen molar-refractivity contribution < 1.29 is 9.47 Å². The number of hydrogen-bond acceptors (Lipinski definition) is 3. The summed E-state index contributed by atoms with van der Waals surface area (Å²) >= 11 is 3.37. The van der Waals surface area contributed by atoms with Gasteiger partial charge < -0.3 is 9.47 Å². The Labute approximate surface area is 101 Å². The molecule has 5 nitrogen and oxygen atoms in total. The van der Waals surface area contributed by atoms with Crippen LogP contribution in [-0.4, -0.2) is 20.3 Å². The second kappa shape index (κ2) is 4.33. The molecule has 0 atom stereocenters. The molecule has 0 amide bonds. The zero-order chi connectivity index (χ0) is 11.6. The fraction of sp³-hybridized carbons (Fsp3) is 0.400. The summed E-state index contributed by atoms with van der Waals surface area (Å²) in [5.74, 6) is 0.699. The standard InChI is InChI=1S/C10H10BrN3O2/c1-15-9-4-7(11)2-3-8(9)10(13-14-12)5-16-6-10/h2-4H,5-6H2,1H3. The Kier molecular flexibility index (Phi) is 3.05. The topological polar surface area (TPSA) is 67.2 Å². The van der Waals surface area contributed by atoms with E-state index in [0.717, 1.165) is 10.0 Å². The van der Waals surface area contributed by atoms with Crippen LogP contribution < -0.4 is 4.74 Å². The van der Waals surface area contributed by atoms with Crippen LogP contribution in [0.3, 0.4) is 0 Å². The van der Waals surface area contributed by atoms with Crippen LogP contribution in [0.15, 0.2) is 27.8 Å². The molecule has 0 saturated carbocycles. The first-order valence-corrected chi connectivity index (χ1v) is 5.49. The van der Waals surface area contributed by atoms with E-state index < -0.39 is 5.54 Å². The lowest BCUT2D eigenvalue weighted by Gasteiger charge is -2.38. The molecule has 0 bridgehead atoms. The van der Waals surface area contributed by atoms with Gasteiger partial charge >= 0.3 is 0 Å². The third-order valence-electron chi connectivity index (χ3n) is 2.58. The molecule has 84 valence electrons. The quantitative estimate of drug-likeness (QED) is 0.486. The van der Waals surface area contributed by atoms with Gasteiger partial charge in [-0.3, -0.25) is 0 Å². The molecule has 1 heterocycles. The van der Waals surface area contributed by atoms with Gasteiger partial charge in [-0.15, -0.1) is 0 Å². The Hall–Kier alpha value is -1.23. The first-order chi connectivity index (χ1) is 7.72. The van der Waals surface area contributed by atoms with Gasteiger partial charge in [0.25, 0.3) is 0 Å². The summed E-state index contributed by atoms with van der Waals surface area (Å²) in [6.07, 6.45) is 0. The highest BCUT2D eigenvalue weighted by Crippen LogP contribution is 2.40.